The van der Waals surface area contributed by atoms with E-state index < -0.39 is 5.92 Å². The molecule has 1 aliphatic heterocycles. The van der Waals surface area contributed by atoms with Gasteiger partial charge in [0.15, 0.2) is 16.7 Å². The first-order valence-electron chi connectivity index (χ1n) is 8.11. The van der Waals surface area contributed by atoms with Crippen molar-refractivity contribution in [3.63, 3.8) is 0 Å². The average molecular weight is 389 g/mol. The van der Waals surface area contributed by atoms with E-state index in [1.54, 1.807) is 18.2 Å². The van der Waals surface area contributed by atoms with Crippen molar-refractivity contribution in [1.29, 1.82) is 0 Å². The van der Waals surface area contributed by atoms with Crippen LogP contribution in [0.25, 0.3) is 0 Å². The minimum atomic E-state index is -0.549. The van der Waals surface area contributed by atoms with E-state index in [-0.39, 0.29) is 41.0 Å². The first kappa shape index (κ1) is 18.8. The summed E-state index contributed by atoms with van der Waals surface area (Å²) in [5, 5.41) is 13.2. The van der Waals surface area contributed by atoms with Gasteiger partial charge in [-0.2, -0.15) is 0 Å². The van der Waals surface area contributed by atoms with Crippen LogP contribution in [0.3, 0.4) is 0 Å². The Kier molecular flexibility index (Phi) is 5.41. The number of phenols is 1. The Balaban J connectivity index is 2.13. The number of aromatic hydroxyl groups is 1. The molecule has 1 atom stereocenters. The highest BCUT2D eigenvalue weighted by Crippen LogP contribution is 2.42. The fourth-order valence-electron chi connectivity index (χ4n) is 2.96. The second kappa shape index (κ2) is 7.75. The summed E-state index contributed by atoms with van der Waals surface area (Å²) in [4.78, 5) is 32.0. The number of nitrogens with zero attached hydrogens (tertiary/aromatic N) is 1. The van der Waals surface area contributed by atoms with E-state index in [2.05, 4.69) is 21.9 Å². The van der Waals surface area contributed by atoms with Gasteiger partial charge in [-0.1, -0.05) is 17.8 Å². The number of hydrogen-bond acceptors (Lipinski definition) is 7. The van der Waals surface area contributed by atoms with Crippen LogP contribution in [0.5, 0.6) is 17.2 Å². The zero-order chi connectivity index (χ0) is 19.6. The number of carbonyl (C=O) groups excluding carboxylic acids is 1. The second-order valence-electron chi connectivity index (χ2n) is 5.81. The molecule has 0 unspecified atom stereocenters. The van der Waals surface area contributed by atoms with E-state index in [0.29, 0.717) is 22.0 Å². The minimum Gasteiger partial charge on any atom is -0.502 e. The van der Waals surface area contributed by atoms with Crippen molar-refractivity contribution in [2.45, 2.75) is 17.5 Å². The molecule has 2 heterocycles. The zero-order valence-corrected chi connectivity index (χ0v) is 15.7. The summed E-state index contributed by atoms with van der Waals surface area (Å²) in [6.07, 6.45) is 1.76. The van der Waals surface area contributed by atoms with E-state index >= 15 is 0 Å². The molecule has 0 fully saturated rings. The maximum absolute atomic E-state index is 12.7. The number of anilines is 1. The number of ether oxygens (including phenoxy) is 2. The Morgan fingerprint density at radius 3 is 2.59 bits per heavy atom. The third-order valence-electron chi connectivity index (χ3n) is 4.17. The van der Waals surface area contributed by atoms with Gasteiger partial charge >= 0.3 is 0 Å². The SMILES string of the molecule is C=CCSc1nc2c(c(=O)[nH]1)[C@H](c1cc(OC)c(O)c(OC)c1)CC(=O)N2. The molecule has 27 heavy (non-hydrogen) atoms. The molecule has 0 saturated heterocycles. The third kappa shape index (κ3) is 3.63. The summed E-state index contributed by atoms with van der Waals surface area (Å²) >= 11 is 1.31. The van der Waals surface area contributed by atoms with Crippen LogP contribution in [0.2, 0.25) is 0 Å². The number of phenolic OH excluding ortho intramolecular Hbond substituents is 1. The van der Waals surface area contributed by atoms with Crippen LogP contribution in [-0.2, 0) is 4.79 Å². The summed E-state index contributed by atoms with van der Waals surface area (Å²) in [6.45, 7) is 3.63. The van der Waals surface area contributed by atoms with Gasteiger partial charge in [0.25, 0.3) is 5.56 Å². The Labute approximate surface area is 159 Å². The molecule has 2 aromatic rings. The number of fused-ring (bicyclic) bond motifs is 1. The number of amides is 1. The molecule has 0 aliphatic carbocycles. The summed E-state index contributed by atoms with van der Waals surface area (Å²) in [5.74, 6) is 0.248. The normalized spacial score (nSPS) is 15.6. The number of rotatable bonds is 6. The third-order valence-corrected chi connectivity index (χ3v) is 5.04. The Morgan fingerprint density at radius 2 is 2.00 bits per heavy atom. The van der Waals surface area contributed by atoms with Crippen LogP contribution in [0.4, 0.5) is 5.82 Å². The average Bonchev–Trinajstić information content (AvgIpc) is 2.65. The van der Waals surface area contributed by atoms with Crippen LogP contribution in [-0.4, -0.2) is 41.0 Å². The van der Waals surface area contributed by atoms with Crippen LogP contribution in [0, 0.1) is 0 Å². The predicted molar refractivity (Wildman–Crippen MR) is 102 cm³/mol. The van der Waals surface area contributed by atoms with Crippen molar-refractivity contribution in [1.82, 2.24) is 9.97 Å². The number of aromatic amines is 1. The largest absolute Gasteiger partial charge is 0.502 e. The lowest BCUT2D eigenvalue weighted by atomic mass is 9.86. The van der Waals surface area contributed by atoms with Gasteiger partial charge in [0, 0.05) is 18.1 Å². The van der Waals surface area contributed by atoms with Crippen molar-refractivity contribution >= 4 is 23.5 Å². The van der Waals surface area contributed by atoms with Crippen LogP contribution < -0.4 is 20.3 Å². The zero-order valence-electron chi connectivity index (χ0n) is 14.9. The summed E-state index contributed by atoms with van der Waals surface area (Å²) in [5.41, 5.74) is 0.631. The molecule has 1 amide bonds. The van der Waals surface area contributed by atoms with Crippen molar-refractivity contribution < 1.29 is 19.4 Å². The van der Waals surface area contributed by atoms with Gasteiger partial charge in [0.2, 0.25) is 11.7 Å². The number of nitrogens with one attached hydrogen (secondary N) is 2. The van der Waals surface area contributed by atoms with Crippen LogP contribution in [0.15, 0.2) is 34.7 Å². The van der Waals surface area contributed by atoms with E-state index in [0.717, 1.165) is 0 Å². The van der Waals surface area contributed by atoms with Gasteiger partial charge in [-0.15, -0.1) is 6.58 Å². The smallest absolute Gasteiger partial charge is 0.257 e. The lowest BCUT2D eigenvalue weighted by Gasteiger charge is -2.25. The van der Waals surface area contributed by atoms with Crippen LogP contribution in [0.1, 0.15) is 23.5 Å². The van der Waals surface area contributed by atoms with E-state index in [1.165, 1.54) is 26.0 Å². The molecule has 0 spiro atoms. The first-order valence-corrected chi connectivity index (χ1v) is 9.09. The molecule has 1 aromatic carbocycles. The maximum Gasteiger partial charge on any atom is 0.257 e. The molecule has 142 valence electrons. The number of hydrogen-bond donors (Lipinski definition) is 3. The fourth-order valence-corrected chi connectivity index (χ4v) is 3.55. The van der Waals surface area contributed by atoms with Crippen molar-refractivity contribution in [2.24, 2.45) is 0 Å². The van der Waals surface area contributed by atoms with Gasteiger partial charge in [0.1, 0.15) is 5.82 Å². The number of aromatic nitrogens is 2. The number of carbonyl (C=O) groups is 1. The summed E-state index contributed by atoms with van der Waals surface area (Å²) in [7, 11) is 2.83. The molecular formula is C18H19N3O5S. The van der Waals surface area contributed by atoms with Gasteiger partial charge < -0.3 is 24.9 Å². The number of methoxy groups -OCH3 is 2. The number of thioether (sulfide) groups is 1. The standard InChI is InChI=1S/C18H19N3O5S/c1-4-5-27-18-20-16-14(17(24)21-18)10(8-13(22)19-16)9-6-11(25-2)15(23)12(7-9)26-3/h4,6-7,10,23H,1,5,8H2,2-3H3,(H2,19,20,21,22,24)/t10-/m0/s1. The van der Waals surface area contributed by atoms with Gasteiger partial charge in [-0.3, -0.25) is 9.59 Å². The predicted octanol–water partition coefficient (Wildman–Crippen LogP) is 2.24. The highest BCUT2D eigenvalue weighted by Gasteiger charge is 2.32. The molecular weight excluding hydrogens is 370 g/mol. The van der Waals surface area contributed by atoms with E-state index in [4.69, 9.17) is 9.47 Å². The lowest BCUT2D eigenvalue weighted by Crippen LogP contribution is -2.31. The quantitative estimate of drug-likeness (QED) is 0.394. The Hall–Kier alpha value is -2.94. The molecule has 3 N–H and O–H groups in total. The molecule has 0 saturated carbocycles. The molecule has 0 radical (unpaired) electrons. The lowest BCUT2D eigenvalue weighted by molar-refractivity contribution is -0.116. The van der Waals surface area contributed by atoms with E-state index in [9.17, 15) is 14.7 Å². The Bertz CT molecular complexity index is 931. The van der Waals surface area contributed by atoms with E-state index in [1.807, 2.05) is 0 Å². The Morgan fingerprint density at radius 1 is 1.33 bits per heavy atom. The highest BCUT2D eigenvalue weighted by molar-refractivity contribution is 7.99. The maximum atomic E-state index is 12.7. The molecule has 3 rings (SSSR count). The molecule has 1 aromatic heterocycles. The number of benzene rings is 1. The van der Waals surface area contributed by atoms with Gasteiger partial charge in [0.05, 0.1) is 19.8 Å². The first-order chi connectivity index (χ1) is 13.0. The van der Waals surface area contributed by atoms with Crippen LogP contribution >= 0.6 is 11.8 Å². The second-order valence-corrected chi connectivity index (χ2v) is 6.82. The monoisotopic (exact) mass is 389 g/mol. The molecule has 0 bridgehead atoms. The topological polar surface area (TPSA) is 114 Å². The highest BCUT2D eigenvalue weighted by atomic mass is 32.2. The van der Waals surface area contributed by atoms with Crippen molar-refractivity contribution in [3.8, 4) is 17.2 Å². The molecule has 8 nitrogen and oxygen atoms in total. The van der Waals surface area contributed by atoms with Crippen molar-refractivity contribution in [2.75, 3.05) is 25.3 Å². The minimum absolute atomic E-state index is 0.0635. The summed E-state index contributed by atoms with van der Waals surface area (Å²) in [6, 6.07) is 3.18. The van der Waals surface area contributed by atoms with Gasteiger partial charge in [-0.25, -0.2) is 4.98 Å². The fraction of sp³-hybridized carbons (Fsp3) is 0.278. The molecule has 9 heteroatoms. The molecule has 1 aliphatic rings. The van der Waals surface area contributed by atoms with Gasteiger partial charge in [-0.05, 0) is 17.7 Å². The van der Waals surface area contributed by atoms with Crippen molar-refractivity contribution in [3.05, 3.63) is 46.3 Å². The summed E-state index contributed by atoms with van der Waals surface area (Å²) < 4.78 is 10.4. The number of H-pyrrole nitrogens is 1.